The van der Waals surface area contributed by atoms with Crippen molar-refractivity contribution >= 4 is 5.91 Å². The SMILES string of the molecule is C[C@H](Cn1cccn1)NCC(=O)NCCc1ccc2c(c1)OCCO2. The lowest BCUT2D eigenvalue weighted by molar-refractivity contribution is -0.120. The van der Waals surface area contributed by atoms with Crippen molar-refractivity contribution in [2.45, 2.75) is 25.9 Å². The molecule has 0 bridgehead atoms. The molecule has 3 rings (SSSR count). The molecule has 7 nitrogen and oxygen atoms in total. The fourth-order valence-corrected chi connectivity index (χ4v) is 2.67. The molecule has 0 saturated heterocycles. The van der Waals surface area contributed by atoms with Gasteiger partial charge in [-0.15, -0.1) is 0 Å². The van der Waals surface area contributed by atoms with E-state index in [9.17, 15) is 4.79 Å². The van der Waals surface area contributed by atoms with Gasteiger partial charge in [-0.05, 0) is 37.1 Å². The van der Waals surface area contributed by atoms with E-state index in [2.05, 4.69) is 15.7 Å². The number of amides is 1. The van der Waals surface area contributed by atoms with Gasteiger partial charge in [0.2, 0.25) is 5.91 Å². The van der Waals surface area contributed by atoms with Gasteiger partial charge in [0.05, 0.1) is 13.1 Å². The van der Waals surface area contributed by atoms with Crippen LogP contribution in [-0.2, 0) is 17.8 Å². The quantitative estimate of drug-likeness (QED) is 0.747. The zero-order valence-electron chi connectivity index (χ0n) is 14.4. The second-order valence-electron chi connectivity index (χ2n) is 6.09. The van der Waals surface area contributed by atoms with Crippen molar-refractivity contribution in [3.8, 4) is 11.5 Å². The summed E-state index contributed by atoms with van der Waals surface area (Å²) >= 11 is 0. The van der Waals surface area contributed by atoms with Gasteiger partial charge in [-0.1, -0.05) is 6.07 Å². The van der Waals surface area contributed by atoms with Gasteiger partial charge < -0.3 is 20.1 Å². The second kappa shape index (κ2) is 8.53. The Balaban J connectivity index is 1.35. The number of fused-ring (bicyclic) bond motifs is 1. The van der Waals surface area contributed by atoms with E-state index in [-0.39, 0.29) is 11.9 Å². The summed E-state index contributed by atoms with van der Waals surface area (Å²) in [6, 6.07) is 7.96. The highest BCUT2D eigenvalue weighted by Gasteiger charge is 2.12. The monoisotopic (exact) mass is 344 g/mol. The van der Waals surface area contributed by atoms with Crippen LogP contribution in [0.2, 0.25) is 0 Å². The maximum atomic E-state index is 11.9. The van der Waals surface area contributed by atoms with Crippen molar-refractivity contribution in [2.75, 3.05) is 26.3 Å². The highest BCUT2D eigenvalue weighted by molar-refractivity contribution is 5.78. The minimum atomic E-state index is -0.00939. The summed E-state index contributed by atoms with van der Waals surface area (Å²) in [4.78, 5) is 11.9. The molecule has 1 aliphatic rings. The zero-order valence-corrected chi connectivity index (χ0v) is 14.4. The Kier molecular flexibility index (Phi) is 5.90. The van der Waals surface area contributed by atoms with E-state index < -0.39 is 0 Å². The Morgan fingerprint density at radius 3 is 2.96 bits per heavy atom. The summed E-state index contributed by atoms with van der Waals surface area (Å²) in [5.74, 6) is 1.56. The number of aromatic nitrogens is 2. The third kappa shape index (κ3) is 5.22. The zero-order chi connectivity index (χ0) is 17.5. The molecular weight excluding hydrogens is 320 g/mol. The summed E-state index contributed by atoms with van der Waals surface area (Å²) in [5, 5.41) is 10.3. The molecule has 25 heavy (non-hydrogen) atoms. The number of nitrogens with zero attached hydrogens (tertiary/aromatic N) is 2. The van der Waals surface area contributed by atoms with Gasteiger partial charge in [0.25, 0.3) is 0 Å². The molecule has 1 aliphatic heterocycles. The third-order valence-electron chi connectivity index (χ3n) is 3.97. The number of benzene rings is 1. The first-order valence-corrected chi connectivity index (χ1v) is 8.57. The Bertz CT molecular complexity index is 688. The topological polar surface area (TPSA) is 77.4 Å². The normalized spacial score (nSPS) is 14.1. The van der Waals surface area contributed by atoms with Crippen LogP contribution in [0.15, 0.2) is 36.7 Å². The van der Waals surface area contributed by atoms with Crippen LogP contribution in [0.4, 0.5) is 0 Å². The Morgan fingerprint density at radius 2 is 2.16 bits per heavy atom. The second-order valence-corrected chi connectivity index (χ2v) is 6.09. The molecule has 0 aliphatic carbocycles. The van der Waals surface area contributed by atoms with Crippen molar-refractivity contribution in [3.05, 3.63) is 42.2 Å². The van der Waals surface area contributed by atoms with E-state index in [1.807, 2.05) is 42.1 Å². The molecule has 134 valence electrons. The molecule has 1 aromatic carbocycles. The number of rotatable bonds is 8. The van der Waals surface area contributed by atoms with E-state index in [0.717, 1.165) is 30.0 Å². The van der Waals surface area contributed by atoms with Gasteiger partial charge in [-0.25, -0.2) is 0 Å². The first kappa shape index (κ1) is 17.3. The van der Waals surface area contributed by atoms with Crippen molar-refractivity contribution in [3.63, 3.8) is 0 Å². The van der Waals surface area contributed by atoms with E-state index >= 15 is 0 Å². The summed E-state index contributed by atoms with van der Waals surface area (Å²) < 4.78 is 12.9. The fraction of sp³-hybridized carbons (Fsp3) is 0.444. The minimum Gasteiger partial charge on any atom is -0.486 e. The Hall–Kier alpha value is -2.54. The van der Waals surface area contributed by atoms with E-state index in [0.29, 0.717) is 26.3 Å². The molecule has 0 saturated carbocycles. The van der Waals surface area contributed by atoms with Crippen molar-refractivity contribution < 1.29 is 14.3 Å². The largest absolute Gasteiger partial charge is 0.486 e. The number of nitrogens with one attached hydrogen (secondary N) is 2. The highest BCUT2D eigenvalue weighted by atomic mass is 16.6. The number of hydrogen-bond acceptors (Lipinski definition) is 5. The van der Waals surface area contributed by atoms with Crippen molar-refractivity contribution in [2.24, 2.45) is 0 Å². The molecule has 0 unspecified atom stereocenters. The Labute approximate surface area is 147 Å². The highest BCUT2D eigenvalue weighted by Crippen LogP contribution is 2.30. The van der Waals surface area contributed by atoms with Crippen LogP contribution in [0.3, 0.4) is 0 Å². The van der Waals surface area contributed by atoms with Crippen molar-refractivity contribution in [1.82, 2.24) is 20.4 Å². The molecule has 2 aromatic rings. The molecule has 0 radical (unpaired) electrons. The van der Waals surface area contributed by atoms with Crippen LogP contribution < -0.4 is 20.1 Å². The number of carbonyl (C=O) groups is 1. The van der Waals surface area contributed by atoms with Crippen molar-refractivity contribution in [1.29, 1.82) is 0 Å². The van der Waals surface area contributed by atoms with Gasteiger partial charge in [0, 0.05) is 25.0 Å². The van der Waals surface area contributed by atoms with Gasteiger partial charge in [0.15, 0.2) is 11.5 Å². The predicted molar refractivity (Wildman–Crippen MR) is 93.8 cm³/mol. The van der Waals surface area contributed by atoms with E-state index in [1.165, 1.54) is 0 Å². The molecule has 1 aromatic heterocycles. The number of ether oxygens (including phenoxy) is 2. The fourth-order valence-electron chi connectivity index (χ4n) is 2.67. The smallest absolute Gasteiger partial charge is 0.233 e. The molecular formula is C18H24N4O3. The number of carbonyl (C=O) groups excluding carboxylic acids is 1. The summed E-state index contributed by atoms with van der Waals surface area (Å²) in [6.07, 6.45) is 4.41. The average molecular weight is 344 g/mol. The van der Waals surface area contributed by atoms with Crippen LogP contribution in [0.5, 0.6) is 11.5 Å². The standard InChI is InChI=1S/C18H24N4O3/c1-14(13-22-8-2-6-21-22)20-12-18(23)19-7-5-15-3-4-16-17(11-15)25-10-9-24-16/h2-4,6,8,11,14,20H,5,7,9-10,12-13H2,1H3,(H,19,23)/t14-/m1/s1. The maximum absolute atomic E-state index is 11.9. The lowest BCUT2D eigenvalue weighted by Gasteiger charge is -2.19. The summed E-state index contributed by atoms with van der Waals surface area (Å²) in [7, 11) is 0. The predicted octanol–water partition coefficient (Wildman–Crippen LogP) is 0.991. The third-order valence-corrected chi connectivity index (χ3v) is 3.97. The molecule has 0 spiro atoms. The summed E-state index contributed by atoms with van der Waals surface area (Å²) in [5.41, 5.74) is 1.12. The Morgan fingerprint density at radius 1 is 1.32 bits per heavy atom. The summed E-state index contributed by atoms with van der Waals surface area (Å²) in [6.45, 7) is 4.82. The number of hydrogen-bond donors (Lipinski definition) is 2. The van der Waals surface area contributed by atoms with Gasteiger partial charge >= 0.3 is 0 Å². The van der Waals surface area contributed by atoms with Crippen LogP contribution in [0.1, 0.15) is 12.5 Å². The van der Waals surface area contributed by atoms with E-state index in [4.69, 9.17) is 9.47 Å². The average Bonchev–Trinajstić information content (AvgIpc) is 3.13. The van der Waals surface area contributed by atoms with Crippen LogP contribution in [-0.4, -0.2) is 48.0 Å². The molecule has 7 heteroatoms. The lowest BCUT2D eigenvalue weighted by atomic mass is 10.1. The van der Waals surface area contributed by atoms with Crippen LogP contribution in [0, 0.1) is 0 Å². The molecule has 1 atom stereocenters. The first-order valence-electron chi connectivity index (χ1n) is 8.57. The molecule has 2 heterocycles. The minimum absolute atomic E-state index is 0.00939. The maximum Gasteiger partial charge on any atom is 0.233 e. The lowest BCUT2D eigenvalue weighted by Crippen LogP contribution is -2.40. The van der Waals surface area contributed by atoms with Crippen LogP contribution in [0.25, 0.3) is 0 Å². The van der Waals surface area contributed by atoms with Gasteiger partial charge in [-0.3, -0.25) is 9.48 Å². The van der Waals surface area contributed by atoms with E-state index in [1.54, 1.807) is 6.20 Å². The molecule has 2 N–H and O–H groups in total. The molecule has 0 fully saturated rings. The molecule has 1 amide bonds. The van der Waals surface area contributed by atoms with Crippen LogP contribution >= 0.6 is 0 Å². The first-order chi connectivity index (χ1) is 12.2. The van der Waals surface area contributed by atoms with Gasteiger partial charge in [-0.2, -0.15) is 5.10 Å². The van der Waals surface area contributed by atoms with Gasteiger partial charge in [0.1, 0.15) is 13.2 Å².